The summed E-state index contributed by atoms with van der Waals surface area (Å²) >= 11 is 0. The van der Waals surface area contributed by atoms with Crippen LogP contribution in [0.2, 0.25) is 0 Å². The Labute approximate surface area is 156 Å². The van der Waals surface area contributed by atoms with E-state index in [2.05, 4.69) is 9.80 Å². The van der Waals surface area contributed by atoms with Gasteiger partial charge in [-0.15, -0.1) is 0 Å². The second kappa shape index (κ2) is 5.67. The number of hydrogen-bond acceptors (Lipinski definition) is 6. The minimum Gasteiger partial charge on any atom is -0.349 e. The number of nitro benzene ring substituents is 2. The molecule has 2 aliphatic heterocycles. The molecule has 0 atom stereocenters. The third kappa shape index (κ3) is 2.36. The fourth-order valence-electron chi connectivity index (χ4n) is 4.48. The summed E-state index contributed by atoms with van der Waals surface area (Å²) in [5.41, 5.74) is 7.34. The Hall–Kier alpha value is -3.16. The van der Waals surface area contributed by atoms with Crippen LogP contribution >= 0.6 is 0 Å². The van der Waals surface area contributed by atoms with E-state index in [1.165, 1.54) is 0 Å². The molecule has 0 amide bonds. The predicted molar refractivity (Wildman–Crippen MR) is 102 cm³/mol. The van der Waals surface area contributed by atoms with Gasteiger partial charge in [0.25, 0.3) is 11.4 Å². The first-order valence-corrected chi connectivity index (χ1v) is 8.75. The maximum atomic E-state index is 11.4. The maximum Gasteiger partial charge on any atom is 0.273 e. The van der Waals surface area contributed by atoms with Gasteiger partial charge in [0.15, 0.2) is 0 Å². The average Bonchev–Trinajstić information content (AvgIpc) is 2.60. The van der Waals surface area contributed by atoms with E-state index < -0.39 is 0 Å². The van der Waals surface area contributed by atoms with Gasteiger partial charge >= 0.3 is 0 Å². The van der Waals surface area contributed by atoms with Crippen molar-refractivity contribution >= 4 is 22.7 Å². The quantitative estimate of drug-likeness (QED) is 0.587. The summed E-state index contributed by atoms with van der Waals surface area (Å²) in [6, 6.07) is 3.30. The summed E-state index contributed by atoms with van der Waals surface area (Å²) in [5.74, 6) is 0. The van der Waals surface area contributed by atoms with Crippen molar-refractivity contribution in [1.29, 1.82) is 0 Å². The number of nitrogens with zero attached hydrogens (tertiary/aromatic N) is 4. The monoisotopic (exact) mass is 368 g/mol. The summed E-state index contributed by atoms with van der Waals surface area (Å²) in [7, 11) is 0. The summed E-state index contributed by atoms with van der Waals surface area (Å²) in [5, 5.41) is 22.8. The number of fused-ring (bicyclic) bond motifs is 6. The van der Waals surface area contributed by atoms with E-state index in [1.807, 2.05) is 13.8 Å². The maximum absolute atomic E-state index is 11.4. The number of benzene rings is 2. The molecule has 0 saturated heterocycles. The molecular formula is C19H20N4O4. The van der Waals surface area contributed by atoms with Crippen molar-refractivity contribution in [2.24, 2.45) is 0 Å². The molecule has 0 fully saturated rings. The molecule has 2 bridgehead atoms. The zero-order chi connectivity index (χ0) is 19.6. The molecule has 27 heavy (non-hydrogen) atoms. The average molecular weight is 368 g/mol. The molecule has 8 nitrogen and oxygen atoms in total. The van der Waals surface area contributed by atoms with Gasteiger partial charge in [0.2, 0.25) is 0 Å². The highest BCUT2D eigenvalue weighted by Gasteiger charge is 2.36. The fraction of sp³-hybridized carbons (Fsp3) is 0.368. The highest BCUT2D eigenvalue weighted by molar-refractivity contribution is 5.77. The molecule has 140 valence electrons. The lowest BCUT2D eigenvalue weighted by molar-refractivity contribution is -0.385. The Morgan fingerprint density at radius 3 is 2.04 bits per heavy atom. The molecule has 4 rings (SSSR count). The van der Waals surface area contributed by atoms with Crippen LogP contribution in [-0.4, -0.2) is 16.5 Å². The summed E-state index contributed by atoms with van der Waals surface area (Å²) in [6.45, 7) is 9.17. The Balaban J connectivity index is 1.91. The second-order valence-corrected chi connectivity index (χ2v) is 7.37. The van der Waals surface area contributed by atoms with Crippen LogP contribution in [0.25, 0.3) is 0 Å². The molecule has 0 unspecified atom stereocenters. The highest BCUT2D eigenvalue weighted by atomic mass is 16.6. The first-order valence-electron chi connectivity index (χ1n) is 8.75. The number of hydrogen-bond donors (Lipinski definition) is 0. The molecule has 2 aromatic rings. The fourth-order valence-corrected chi connectivity index (χ4v) is 4.48. The van der Waals surface area contributed by atoms with E-state index in [0.717, 1.165) is 33.6 Å². The zero-order valence-corrected chi connectivity index (χ0v) is 15.7. The molecule has 0 saturated carbocycles. The minimum absolute atomic E-state index is 0.144. The van der Waals surface area contributed by atoms with Crippen molar-refractivity contribution in [1.82, 2.24) is 0 Å². The van der Waals surface area contributed by atoms with Gasteiger partial charge in [-0.2, -0.15) is 0 Å². The molecule has 0 aliphatic carbocycles. The Kier molecular flexibility index (Phi) is 3.62. The summed E-state index contributed by atoms with van der Waals surface area (Å²) in [4.78, 5) is 26.5. The lowest BCUT2D eigenvalue weighted by atomic mass is 9.91. The molecule has 0 N–H and O–H groups in total. The number of anilines is 2. The Morgan fingerprint density at radius 2 is 1.41 bits per heavy atom. The predicted octanol–water partition coefficient (Wildman–Crippen LogP) is 4.03. The second-order valence-electron chi connectivity index (χ2n) is 7.37. The van der Waals surface area contributed by atoms with Crippen molar-refractivity contribution in [3.8, 4) is 0 Å². The highest BCUT2D eigenvalue weighted by Crippen LogP contribution is 2.45. The van der Waals surface area contributed by atoms with E-state index in [0.29, 0.717) is 30.9 Å². The van der Waals surface area contributed by atoms with Gasteiger partial charge < -0.3 is 9.80 Å². The molecule has 2 aliphatic rings. The van der Waals surface area contributed by atoms with Crippen LogP contribution in [0.4, 0.5) is 22.7 Å². The molecule has 0 spiro atoms. The standard InChI is InChI=1S/C19H20N4O4/c1-10-5-16(22(24)25)13(4)15-8-21-9-20(18(10)15)7-14-6-17(23(26)27)11(2)12(3)19(14)21/h5-6H,7-9H2,1-4H3. The van der Waals surface area contributed by atoms with Crippen LogP contribution < -0.4 is 9.80 Å². The van der Waals surface area contributed by atoms with Crippen LogP contribution in [0.15, 0.2) is 12.1 Å². The largest absolute Gasteiger partial charge is 0.349 e. The van der Waals surface area contributed by atoms with Crippen molar-refractivity contribution in [2.45, 2.75) is 40.8 Å². The van der Waals surface area contributed by atoms with Crippen LogP contribution in [-0.2, 0) is 13.1 Å². The third-order valence-corrected chi connectivity index (χ3v) is 5.84. The first-order chi connectivity index (χ1) is 12.7. The zero-order valence-electron chi connectivity index (χ0n) is 15.7. The van der Waals surface area contributed by atoms with E-state index in [9.17, 15) is 20.2 Å². The normalized spacial score (nSPS) is 14.7. The van der Waals surface area contributed by atoms with E-state index in [1.54, 1.807) is 26.0 Å². The van der Waals surface area contributed by atoms with Gasteiger partial charge in [-0.3, -0.25) is 20.2 Å². The molecule has 8 heteroatoms. The van der Waals surface area contributed by atoms with Gasteiger partial charge in [-0.1, -0.05) is 0 Å². The van der Waals surface area contributed by atoms with E-state index in [-0.39, 0.29) is 21.2 Å². The van der Waals surface area contributed by atoms with Crippen molar-refractivity contribution in [2.75, 3.05) is 16.5 Å². The van der Waals surface area contributed by atoms with Gasteiger partial charge in [0, 0.05) is 58.9 Å². The number of aryl methyl sites for hydroxylation is 1. The van der Waals surface area contributed by atoms with Gasteiger partial charge in [0.05, 0.1) is 16.5 Å². The van der Waals surface area contributed by atoms with Crippen LogP contribution in [0.1, 0.15) is 33.4 Å². The van der Waals surface area contributed by atoms with Gasteiger partial charge in [0.1, 0.15) is 0 Å². The lowest BCUT2D eigenvalue weighted by Crippen LogP contribution is -2.47. The number of nitro groups is 2. The molecular weight excluding hydrogens is 348 g/mol. The topological polar surface area (TPSA) is 92.8 Å². The summed E-state index contributed by atoms with van der Waals surface area (Å²) in [6.07, 6.45) is 0. The van der Waals surface area contributed by atoms with E-state index in [4.69, 9.17) is 0 Å². The molecule has 0 aromatic heterocycles. The third-order valence-electron chi connectivity index (χ3n) is 5.84. The van der Waals surface area contributed by atoms with Crippen LogP contribution in [0.3, 0.4) is 0 Å². The SMILES string of the molecule is Cc1cc([N+](=O)[O-])c(C)c2c1N1Cc3cc([N+](=O)[O-])c(C)c(C)c3N(C2)C1. The van der Waals surface area contributed by atoms with Crippen molar-refractivity contribution in [3.05, 3.63) is 65.7 Å². The lowest BCUT2D eigenvalue weighted by Gasteiger charge is -2.46. The Morgan fingerprint density at radius 1 is 0.815 bits per heavy atom. The van der Waals surface area contributed by atoms with Crippen molar-refractivity contribution < 1.29 is 9.85 Å². The number of rotatable bonds is 2. The van der Waals surface area contributed by atoms with Crippen molar-refractivity contribution in [3.63, 3.8) is 0 Å². The smallest absolute Gasteiger partial charge is 0.273 e. The summed E-state index contributed by atoms with van der Waals surface area (Å²) < 4.78 is 0. The van der Waals surface area contributed by atoms with Gasteiger partial charge in [-0.25, -0.2) is 0 Å². The molecule has 0 radical (unpaired) electrons. The van der Waals surface area contributed by atoms with Gasteiger partial charge in [-0.05, 0) is 38.8 Å². The molecule has 2 heterocycles. The molecule has 2 aromatic carbocycles. The Bertz CT molecular complexity index is 1020. The van der Waals surface area contributed by atoms with Crippen LogP contribution in [0, 0.1) is 47.9 Å². The first kappa shape index (κ1) is 17.3. The van der Waals surface area contributed by atoms with Crippen LogP contribution in [0.5, 0.6) is 0 Å². The van der Waals surface area contributed by atoms with E-state index >= 15 is 0 Å². The minimum atomic E-state index is -0.329.